The SMILES string of the molecule is COC(=O)c1c(-c2ccc(Cl)cc2)noc1NCc1ccc(OC)cc1. The van der Waals surface area contributed by atoms with E-state index in [9.17, 15) is 4.79 Å². The van der Waals surface area contributed by atoms with Crippen LogP contribution in [-0.4, -0.2) is 25.3 Å². The molecule has 0 radical (unpaired) electrons. The number of halogens is 1. The molecule has 134 valence electrons. The molecule has 0 atom stereocenters. The summed E-state index contributed by atoms with van der Waals surface area (Å²) in [6, 6.07) is 14.5. The zero-order valence-electron chi connectivity index (χ0n) is 14.3. The van der Waals surface area contributed by atoms with Crippen LogP contribution in [0.25, 0.3) is 11.3 Å². The van der Waals surface area contributed by atoms with E-state index in [1.165, 1.54) is 7.11 Å². The van der Waals surface area contributed by atoms with Gasteiger partial charge in [-0.2, -0.15) is 0 Å². The highest BCUT2D eigenvalue weighted by molar-refractivity contribution is 6.30. The minimum Gasteiger partial charge on any atom is -0.497 e. The Kier molecular flexibility index (Phi) is 5.43. The molecule has 0 amide bonds. The number of esters is 1. The number of nitrogens with zero attached hydrogens (tertiary/aromatic N) is 1. The van der Waals surface area contributed by atoms with Crippen molar-refractivity contribution in [3.8, 4) is 17.0 Å². The second kappa shape index (κ2) is 7.93. The van der Waals surface area contributed by atoms with E-state index in [0.717, 1.165) is 11.3 Å². The number of rotatable bonds is 6. The first-order valence-corrected chi connectivity index (χ1v) is 8.21. The average Bonchev–Trinajstić information content (AvgIpc) is 3.10. The maximum absolute atomic E-state index is 12.2. The molecule has 0 aliphatic carbocycles. The number of anilines is 1. The molecule has 1 heterocycles. The molecule has 1 aromatic heterocycles. The number of ether oxygens (including phenoxy) is 2. The largest absolute Gasteiger partial charge is 0.497 e. The monoisotopic (exact) mass is 372 g/mol. The topological polar surface area (TPSA) is 73.6 Å². The van der Waals surface area contributed by atoms with Gasteiger partial charge in [0.2, 0.25) is 5.88 Å². The third-order valence-corrected chi connectivity index (χ3v) is 4.06. The lowest BCUT2D eigenvalue weighted by Gasteiger charge is -2.06. The molecule has 0 bridgehead atoms. The third kappa shape index (κ3) is 3.81. The first-order chi connectivity index (χ1) is 12.6. The van der Waals surface area contributed by atoms with Crippen LogP contribution in [0.2, 0.25) is 5.02 Å². The van der Waals surface area contributed by atoms with E-state index < -0.39 is 5.97 Å². The molecule has 2 aromatic carbocycles. The van der Waals surface area contributed by atoms with Gasteiger partial charge in [-0.15, -0.1) is 0 Å². The number of aromatic nitrogens is 1. The molecule has 7 heteroatoms. The maximum Gasteiger partial charge on any atom is 0.345 e. The van der Waals surface area contributed by atoms with Gasteiger partial charge in [0.15, 0.2) is 5.56 Å². The van der Waals surface area contributed by atoms with Gasteiger partial charge in [0.25, 0.3) is 0 Å². The van der Waals surface area contributed by atoms with E-state index >= 15 is 0 Å². The first kappa shape index (κ1) is 17.8. The quantitative estimate of drug-likeness (QED) is 0.646. The fourth-order valence-corrected chi connectivity index (χ4v) is 2.56. The highest BCUT2D eigenvalue weighted by atomic mass is 35.5. The zero-order chi connectivity index (χ0) is 18.5. The summed E-state index contributed by atoms with van der Waals surface area (Å²) < 4.78 is 15.4. The van der Waals surface area contributed by atoms with Crippen LogP contribution in [0, 0.1) is 0 Å². The summed E-state index contributed by atoms with van der Waals surface area (Å²) in [6.07, 6.45) is 0. The summed E-state index contributed by atoms with van der Waals surface area (Å²) in [4.78, 5) is 12.2. The van der Waals surface area contributed by atoms with Crippen molar-refractivity contribution < 1.29 is 18.8 Å². The van der Waals surface area contributed by atoms with Crippen molar-refractivity contribution in [2.75, 3.05) is 19.5 Å². The molecule has 26 heavy (non-hydrogen) atoms. The third-order valence-electron chi connectivity index (χ3n) is 3.81. The van der Waals surface area contributed by atoms with Crippen molar-refractivity contribution in [2.24, 2.45) is 0 Å². The van der Waals surface area contributed by atoms with Gasteiger partial charge in [-0.1, -0.05) is 41.0 Å². The Morgan fingerprint density at radius 3 is 2.42 bits per heavy atom. The van der Waals surface area contributed by atoms with Gasteiger partial charge < -0.3 is 19.3 Å². The highest BCUT2D eigenvalue weighted by Gasteiger charge is 2.24. The summed E-state index contributed by atoms with van der Waals surface area (Å²) >= 11 is 5.92. The van der Waals surface area contributed by atoms with E-state index in [0.29, 0.717) is 22.8 Å². The molecule has 0 spiro atoms. The van der Waals surface area contributed by atoms with Gasteiger partial charge in [-0.3, -0.25) is 0 Å². The van der Waals surface area contributed by atoms with Crippen LogP contribution in [0.4, 0.5) is 5.88 Å². The summed E-state index contributed by atoms with van der Waals surface area (Å²) in [5.74, 6) is 0.486. The maximum atomic E-state index is 12.2. The molecule has 0 fully saturated rings. The van der Waals surface area contributed by atoms with E-state index in [1.807, 2.05) is 24.3 Å². The molecule has 0 unspecified atom stereocenters. The molecule has 0 aliphatic heterocycles. The van der Waals surface area contributed by atoms with Gasteiger partial charge in [-0.25, -0.2) is 4.79 Å². The number of methoxy groups -OCH3 is 2. The van der Waals surface area contributed by atoms with E-state index in [2.05, 4.69) is 10.5 Å². The second-order valence-corrected chi connectivity index (χ2v) is 5.87. The Morgan fingerprint density at radius 1 is 1.12 bits per heavy atom. The van der Waals surface area contributed by atoms with E-state index in [1.54, 1.807) is 31.4 Å². The lowest BCUT2D eigenvalue weighted by atomic mass is 10.1. The van der Waals surface area contributed by atoms with Gasteiger partial charge in [0.1, 0.15) is 11.4 Å². The van der Waals surface area contributed by atoms with Crippen LogP contribution < -0.4 is 10.1 Å². The predicted molar refractivity (Wildman–Crippen MR) is 98.6 cm³/mol. The van der Waals surface area contributed by atoms with Crippen LogP contribution in [0.3, 0.4) is 0 Å². The average molecular weight is 373 g/mol. The normalized spacial score (nSPS) is 10.4. The molecule has 1 N–H and O–H groups in total. The Balaban J connectivity index is 1.86. The summed E-state index contributed by atoms with van der Waals surface area (Å²) in [5, 5.41) is 7.70. The molecular weight excluding hydrogens is 356 g/mol. The molecule has 6 nitrogen and oxygen atoms in total. The Morgan fingerprint density at radius 2 is 1.81 bits per heavy atom. The van der Waals surface area contributed by atoms with Crippen molar-refractivity contribution in [3.63, 3.8) is 0 Å². The summed E-state index contributed by atoms with van der Waals surface area (Å²) in [5.41, 5.74) is 2.33. The molecule has 3 rings (SSSR count). The van der Waals surface area contributed by atoms with Crippen LogP contribution >= 0.6 is 11.6 Å². The Labute approximate surface area is 155 Å². The first-order valence-electron chi connectivity index (χ1n) is 7.83. The van der Waals surface area contributed by atoms with Crippen molar-refractivity contribution in [1.82, 2.24) is 5.16 Å². The molecule has 3 aromatic rings. The Hall–Kier alpha value is -2.99. The number of hydrogen-bond donors (Lipinski definition) is 1. The minimum absolute atomic E-state index is 0.239. The second-order valence-electron chi connectivity index (χ2n) is 5.44. The van der Waals surface area contributed by atoms with Crippen LogP contribution in [0.15, 0.2) is 53.1 Å². The molecular formula is C19H17ClN2O4. The number of hydrogen-bond acceptors (Lipinski definition) is 6. The molecule has 0 saturated heterocycles. The van der Waals surface area contributed by atoms with Gasteiger partial charge in [0, 0.05) is 17.1 Å². The van der Waals surface area contributed by atoms with E-state index in [-0.39, 0.29) is 11.4 Å². The number of carbonyl (C=O) groups excluding carboxylic acids is 1. The fourth-order valence-electron chi connectivity index (χ4n) is 2.43. The summed E-state index contributed by atoms with van der Waals surface area (Å²) in [6.45, 7) is 0.448. The van der Waals surface area contributed by atoms with Gasteiger partial charge in [-0.05, 0) is 29.8 Å². The van der Waals surface area contributed by atoms with Gasteiger partial charge >= 0.3 is 5.97 Å². The van der Waals surface area contributed by atoms with Crippen LogP contribution in [0.1, 0.15) is 15.9 Å². The predicted octanol–water partition coefficient (Wildman–Crippen LogP) is 4.40. The Bertz CT molecular complexity index is 889. The lowest BCUT2D eigenvalue weighted by molar-refractivity contribution is 0.0602. The molecule has 0 aliphatic rings. The minimum atomic E-state index is -0.534. The van der Waals surface area contributed by atoms with Crippen molar-refractivity contribution in [2.45, 2.75) is 6.54 Å². The van der Waals surface area contributed by atoms with Crippen molar-refractivity contribution in [1.29, 1.82) is 0 Å². The van der Waals surface area contributed by atoms with Crippen molar-refractivity contribution >= 4 is 23.5 Å². The standard InChI is InChI=1S/C19H17ClN2O4/c1-24-15-9-3-12(4-10-15)11-21-18-16(19(23)25-2)17(22-26-18)13-5-7-14(20)8-6-13/h3-10,21H,11H2,1-2H3. The smallest absolute Gasteiger partial charge is 0.345 e. The van der Waals surface area contributed by atoms with Crippen molar-refractivity contribution in [3.05, 3.63) is 64.7 Å². The van der Waals surface area contributed by atoms with Crippen LogP contribution in [-0.2, 0) is 11.3 Å². The van der Waals surface area contributed by atoms with Gasteiger partial charge in [0.05, 0.1) is 14.2 Å². The van der Waals surface area contributed by atoms with E-state index in [4.69, 9.17) is 25.6 Å². The number of nitrogens with one attached hydrogen (secondary N) is 1. The highest BCUT2D eigenvalue weighted by Crippen LogP contribution is 2.30. The summed E-state index contributed by atoms with van der Waals surface area (Å²) in [7, 11) is 2.93. The lowest BCUT2D eigenvalue weighted by Crippen LogP contribution is -2.07. The molecule has 0 saturated carbocycles. The van der Waals surface area contributed by atoms with Crippen LogP contribution in [0.5, 0.6) is 5.75 Å². The fraction of sp³-hybridized carbons (Fsp3) is 0.158. The zero-order valence-corrected chi connectivity index (χ0v) is 15.0. The number of benzene rings is 2. The number of carbonyl (C=O) groups is 1.